The largest absolute Gasteiger partial charge is 0.443 e. The third-order valence-electron chi connectivity index (χ3n) is 6.61. The summed E-state index contributed by atoms with van der Waals surface area (Å²) in [5.41, 5.74) is 3.17. The molecule has 1 amide bonds. The number of nitrogens with zero attached hydrogens (tertiary/aromatic N) is 3. The van der Waals surface area contributed by atoms with Crippen LogP contribution in [0.4, 0.5) is 4.39 Å². The Morgan fingerprint density at radius 2 is 1.87 bits per heavy atom. The van der Waals surface area contributed by atoms with Gasteiger partial charge in [-0.25, -0.2) is 9.37 Å². The monoisotopic (exact) mass is 407 g/mol. The molecule has 2 aliphatic heterocycles. The van der Waals surface area contributed by atoms with Crippen molar-refractivity contribution in [2.24, 2.45) is 5.92 Å². The Morgan fingerprint density at radius 3 is 2.67 bits per heavy atom. The number of fused-ring (bicyclic) bond motifs is 1. The summed E-state index contributed by atoms with van der Waals surface area (Å²) in [6.07, 6.45) is 4.65. The quantitative estimate of drug-likeness (QED) is 0.647. The number of hydrogen-bond acceptors (Lipinski definition) is 4. The van der Waals surface area contributed by atoms with Crippen molar-refractivity contribution in [3.05, 3.63) is 65.8 Å². The highest BCUT2D eigenvalue weighted by molar-refractivity contribution is 6.04. The van der Waals surface area contributed by atoms with Crippen LogP contribution in [0.3, 0.4) is 0 Å². The fourth-order valence-electron chi connectivity index (χ4n) is 4.94. The molecule has 156 valence electrons. The summed E-state index contributed by atoms with van der Waals surface area (Å²) >= 11 is 0. The lowest BCUT2D eigenvalue weighted by atomic mass is 9.89. The lowest BCUT2D eigenvalue weighted by Crippen LogP contribution is -2.37. The Morgan fingerprint density at radius 1 is 1.07 bits per heavy atom. The van der Waals surface area contributed by atoms with Crippen LogP contribution in [-0.4, -0.2) is 53.4 Å². The van der Waals surface area contributed by atoms with Crippen molar-refractivity contribution in [2.45, 2.75) is 25.2 Å². The van der Waals surface area contributed by atoms with Crippen molar-refractivity contribution in [1.82, 2.24) is 14.8 Å². The Kier molecular flexibility index (Phi) is 5.25. The predicted molar refractivity (Wildman–Crippen MR) is 113 cm³/mol. The molecule has 30 heavy (non-hydrogen) atoms. The molecule has 0 spiro atoms. The van der Waals surface area contributed by atoms with Gasteiger partial charge in [0.2, 0.25) is 0 Å². The molecule has 0 bridgehead atoms. The SMILES string of the molecule is O=C(c1cccc2ocnc12)N1CC[C@H](CN2CCC(c3ccc(F)cc3)CC2)C1. The molecule has 0 radical (unpaired) electrons. The molecule has 2 saturated heterocycles. The fourth-order valence-corrected chi connectivity index (χ4v) is 4.94. The number of amides is 1. The molecule has 0 unspecified atom stereocenters. The molecule has 0 saturated carbocycles. The summed E-state index contributed by atoms with van der Waals surface area (Å²) in [6.45, 7) is 4.75. The van der Waals surface area contributed by atoms with Crippen LogP contribution in [0.1, 0.15) is 41.1 Å². The number of aromatic nitrogens is 1. The highest BCUT2D eigenvalue weighted by Gasteiger charge is 2.30. The van der Waals surface area contributed by atoms with Crippen molar-refractivity contribution in [3.8, 4) is 0 Å². The Hall–Kier alpha value is -2.73. The zero-order valence-corrected chi connectivity index (χ0v) is 17.0. The molecule has 5 rings (SSSR count). The van der Waals surface area contributed by atoms with Gasteiger partial charge in [-0.3, -0.25) is 4.79 Å². The van der Waals surface area contributed by atoms with E-state index in [1.54, 1.807) is 12.1 Å². The van der Waals surface area contributed by atoms with E-state index in [2.05, 4.69) is 9.88 Å². The number of para-hydroxylation sites is 1. The van der Waals surface area contributed by atoms with E-state index in [1.165, 1.54) is 12.0 Å². The number of rotatable bonds is 4. The number of likely N-dealkylation sites (tertiary alicyclic amines) is 2. The van der Waals surface area contributed by atoms with Gasteiger partial charge < -0.3 is 14.2 Å². The number of benzene rings is 2. The molecule has 6 heteroatoms. The summed E-state index contributed by atoms with van der Waals surface area (Å²) in [5, 5.41) is 0. The maximum Gasteiger partial charge on any atom is 0.256 e. The fraction of sp³-hybridized carbons (Fsp3) is 0.417. The molecular formula is C24H26FN3O2. The second-order valence-corrected chi connectivity index (χ2v) is 8.54. The van der Waals surface area contributed by atoms with Gasteiger partial charge in [0.25, 0.3) is 5.91 Å². The van der Waals surface area contributed by atoms with E-state index in [0.29, 0.717) is 28.5 Å². The summed E-state index contributed by atoms with van der Waals surface area (Å²) in [4.78, 5) is 21.7. The number of carbonyl (C=O) groups is 1. The minimum atomic E-state index is -0.170. The Balaban J connectivity index is 1.15. The highest BCUT2D eigenvalue weighted by atomic mass is 19.1. The van der Waals surface area contributed by atoms with Crippen LogP contribution < -0.4 is 0 Å². The van der Waals surface area contributed by atoms with Crippen molar-refractivity contribution in [1.29, 1.82) is 0 Å². The maximum atomic E-state index is 13.2. The van der Waals surface area contributed by atoms with Crippen LogP contribution in [0.5, 0.6) is 0 Å². The van der Waals surface area contributed by atoms with Gasteiger partial charge in [0.15, 0.2) is 12.0 Å². The van der Waals surface area contributed by atoms with E-state index in [4.69, 9.17) is 4.42 Å². The third-order valence-corrected chi connectivity index (χ3v) is 6.61. The van der Waals surface area contributed by atoms with Crippen LogP contribution in [0.2, 0.25) is 0 Å². The van der Waals surface area contributed by atoms with E-state index in [1.807, 2.05) is 35.2 Å². The van der Waals surface area contributed by atoms with Crippen LogP contribution in [0, 0.1) is 11.7 Å². The molecule has 2 aliphatic rings. The first-order valence-corrected chi connectivity index (χ1v) is 10.8. The van der Waals surface area contributed by atoms with Gasteiger partial charge in [-0.2, -0.15) is 0 Å². The molecule has 3 aromatic rings. The van der Waals surface area contributed by atoms with Gasteiger partial charge in [-0.15, -0.1) is 0 Å². The average Bonchev–Trinajstić information content (AvgIpc) is 3.44. The summed E-state index contributed by atoms with van der Waals surface area (Å²) < 4.78 is 18.5. The molecule has 5 nitrogen and oxygen atoms in total. The first-order chi connectivity index (χ1) is 14.7. The number of piperidine rings is 1. The average molecular weight is 407 g/mol. The molecule has 2 aromatic carbocycles. The zero-order chi connectivity index (χ0) is 20.5. The van der Waals surface area contributed by atoms with Crippen molar-refractivity contribution in [3.63, 3.8) is 0 Å². The Labute approximate surface area is 175 Å². The number of halogens is 1. The normalized spacial score (nSPS) is 20.8. The Bertz CT molecular complexity index is 1020. The van der Waals surface area contributed by atoms with E-state index in [-0.39, 0.29) is 11.7 Å². The van der Waals surface area contributed by atoms with Gasteiger partial charge >= 0.3 is 0 Å². The second-order valence-electron chi connectivity index (χ2n) is 8.54. The van der Waals surface area contributed by atoms with Crippen molar-refractivity contribution < 1.29 is 13.6 Å². The van der Waals surface area contributed by atoms with Crippen LogP contribution in [0.25, 0.3) is 11.1 Å². The zero-order valence-electron chi connectivity index (χ0n) is 17.0. The van der Waals surface area contributed by atoms with Gasteiger partial charge in [0.05, 0.1) is 5.56 Å². The molecule has 3 heterocycles. The third kappa shape index (κ3) is 3.84. The predicted octanol–water partition coefficient (Wildman–Crippen LogP) is 4.31. The number of carbonyl (C=O) groups excluding carboxylic acids is 1. The van der Waals surface area contributed by atoms with E-state index < -0.39 is 0 Å². The van der Waals surface area contributed by atoms with Crippen LogP contribution in [0.15, 0.2) is 53.3 Å². The number of hydrogen-bond donors (Lipinski definition) is 0. The minimum absolute atomic E-state index is 0.0482. The topological polar surface area (TPSA) is 49.6 Å². The molecule has 1 aromatic heterocycles. The first-order valence-electron chi connectivity index (χ1n) is 10.8. The number of oxazole rings is 1. The standard InChI is InChI=1S/C24H26FN3O2/c25-20-6-4-18(5-7-20)19-9-11-27(12-10-19)14-17-8-13-28(15-17)24(29)21-2-1-3-22-23(21)26-16-30-22/h1-7,16-17,19H,8-15H2/t17-/m1/s1. The van der Waals surface area contributed by atoms with Gasteiger partial charge in [0.1, 0.15) is 11.3 Å². The van der Waals surface area contributed by atoms with E-state index >= 15 is 0 Å². The molecule has 2 fully saturated rings. The maximum absolute atomic E-state index is 13.2. The lowest BCUT2D eigenvalue weighted by molar-refractivity contribution is 0.0783. The van der Waals surface area contributed by atoms with Gasteiger partial charge in [-0.1, -0.05) is 18.2 Å². The van der Waals surface area contributed by atoms with Gasteiger partial charge in [0, 0.05) is 19.6 Å². The summed E-state index contributed by atoms with van der Waals surface area (Å²) in [7, 11) is 0. The summed E-state index contributed by atoms with van der Waals surface area (Å²) in [6, 6.07) is 12.5. The summed E-state index contributed by atoms with van der Waals surface area (Å²) in [5.74, 6) is 0.905. The van der Waals surface area contributed by atoms with Crippen molar-refractivity contribution in [2.75, 3.05) is 32.7 Å². The lowest BCUT2D eigenvalue weighted by Gasteiger charge is -2.33. The van der Waals surface area contributed by atoms with Crippen LogP contribution >= 0.6 is 0 Å². The molecule has 0 aliphatic carbocycles. The van der Waals surface area contributed by atoms with Crippen LogP contribution in [-0.2, 0) is 0 Å². The minimum Gasteiger partial charge on any atom is -0.443 e. The van der Waals surface area contributed by atoms with E-state index in [0.717, 1.165) is 52.0 Å². The smallest absolute Gasteiger partial charge is 0.256 e. The molecular weight excluding hydrogens is 381 g/mol. The molecule has 1 atom stereocenters. The molecule has 0 N–H and O–H groups in total. The second kappa shape index (κ2) is 8.19. The van der Waals surface area contributed by atoms with E-state index in [9.17, 15) is 9.18 Å². The highest BCUT2D eigenvalue weighted by Crippen LogP contribution is 2.30. The first kappa shape index (κ1) is 19.2. The van der Waals surface area contributed by atoms with Crippen molar-refractivity contribution >= 4 is 17.0 Å². The van der Waals surface area contributed by atoms with Gasteiger partial charge in [-0.05, 0) is 74.0 Å².